The molecule has 2 rings (SSSR count). The van der Waals surface area contributed by atoms with Crippen LogP contribution < -0.4 is 20.9 Å². The van der Waals surface area contributed by atoms with Gasteiger partial charge in [0, 0.05) is 6.42 Å². The molecule has 0 bridgehead atoms. The quantitative estimate of drug-likeness (QED) is 0.840. The fraction of sp³-hybridized carbons (Fsp3) is 0.214. The van der Waals surface area contributed by atoms with E-state index in [1.54, 1.807) is 20.3 Å². The number of amides is 1. The number of aromatic nitrogens is 2. The van der Waals surface area contributed by atoms with Crippen molar-refractivity contribution in [3.63, 3.8) is 0 Å². The van der Waals surface area contributed by atoms with Crippen molar-refractivity contribution in [2.75, 3.05) is 20.0 Å². The van der Waals surface area contributed by atoms with Crippen LogP contribution in [0, 0.1) is 0 Å². The number of hydrogen-bond donors (Lipinski definition) is 2. The van der Waals surface area contributed by atoms with E-state index in [0.717, 1.165) is 5.56 Å². The van der Waals surface area contributed by atoms with Gasteiger partial charge in [0.25, 0.3) is 5.91 Å². The number of anilines is 1. The second-order valence-electron chi connectivity index (χ2n) is 4.33. The highest BCUT2D eigenvalue weighted by Crippen LogP contribution is 2.28. The molecule has 1 aromatic heterocycles. The lowest BCUT2D eigenvalue weighted by Crippen LogP contribution is -2.17. The molecule has 0 radical (unpaired) electrons. The SMILES string of the molecule is COc1ccc(Cc2cnc(N)c(C(N)=O)n2)cc1OC. The highest BCUT2D eigenvalue weighted by atomic mass is 16.5. The molecule has 7 nitrogen and oxygen atoms in total. The molecule has 2 aromatic rings. The number of rotatable bonds is 5. The molecule has 0 fully saturated rings. The lowest BCUT2D eigenvalue weighted by atomic mass is 10.1. The standard InChI is InChI=1S/C14H16N4O3/c1-20-10-4-3-8(6-11(10)21-2)5-9-7-17-13(15)12(18-9)14(16)19/h3-4,6-7H,5H2,1-2H3,(H2,15,17)(H2,16,19). The first-order valence-electron chi connectivity index (χ1n) is 6.17. The van der Waals surface area contributed by atoms with E-state index in [1.807, 2.05) is 12.1 Å². The summed E-state index contributed by atoms with van der Waals surface area (Å²) in [7, 11) is 3.14. The highest BCUT2D eigenvalue weighted by Gasteiger charge is 2.11. The van der Waals surface area contributed by atoms with E-state index < -0.39 is 5.91 Å². The fourth-order valence-electron chi connectivity index (χ4n) is 1.90. The van der Waals surface area contributed by atoms with Gasteiger partial charge < -0.3 is 20.9 Å². The van der Waals surface area contributed by atoms with Crippen LogP contribution in [0.4, 0.5) is 5.82 Å². The van der Waals surface area contributed by atoms with Crippen molar-refractivity contribution in [3.05, 3.63) is 41.3 Å². The van der Waals surface area contributed by atoms with Crippen LogP contribution in [0.1, 0.15) is 21.7 Å². The molecule has 4 N–H and O–H groups in total. The van der Waals surface area contributed by atoms with Gasteiger partial charge in [-0.25, -0.2) is 9.97 Å². The zero-order chi connectivity index (χ0) is 15.4. The van der Waals surface area contributed by atoms with Gasteiger partial charge >= 0.3 is 0 Å². The minimum Gasteiger partial charge on any atom is -0.493 e. The van der Waals surface area contributed by atoms with Gasteiger partial charge in [0.1, 0.15) is 0 Å². The number of carbonyl (C=O) groups is 1. The number of primary amides is 1. The molecule has 0 aliphatic carbocycles. The molecule has 0 saturated heterocycles. The van der Waals surface area contributed by atoms with E-state index in [1.165, 1.54) is 6.20 Å². The second kappa shape index (κ2) is 6.08. The highest BCUT2D eigenvalue weighted by molar-refractivity contribution is 5.94. The number of ether oxygens (including phenoxy) is 2. The Balaban J connectivity index is 2.30. The summed E-state index contributed by atoms with van der Waals surface area (Å²) < 4.78 is 10.4. The summed E-state index contributed by atoms with van der Waals surface area (Å²) in [5.41, 5.74) is 12.3. The zero-order valence-corrected chi connectivity index (χ0v) is 11.8. The Hall–Kier alpha value is -2.83. The third kappa shape index (κ3) is 3.19. The number of methoxy groups -OCH3 is 2. The molecule has 0 aliphatic heterocycles. The lowest BCUT2D eigenvalue weighted by Gasteiger charge is -2.10. The first kappa shape index (κ1) is 14.6. The molecule has 7 heteroatoms. The number of benzene rings is 1. The molecule has 21 heavy (non-hydrogen) atoms. The van der Waals surface area contributed by atoms with Crippen molar-refractivity contribution in [1.29, 1.82) is 0 Å². The molecule has 110 valence electrons. The monoisotopic (exact) mass is 288 g/mol. The van der Waals surface area contributed by atoms with Crippen molar-refractivity contribution in [1.82, 2.24) is 9.97 Å². The van der Waals surface area contributed by atoms with Crippen molar-refractivity contribution >= 4 is 11.7 Å². The Morgan fingerprint density at radius 1 is 1.24 bits per heavy atom. The summed E-state index contributed by atoms with van der Waals surface area (Å²) in [6.07, 6.45) is 1.98. The Labute approximate surface area is 121 Å². The Morgan fingerprint density at radius 3 is 2.57 bits per heavy atom. The van der Waals surface area contributed by atoms with E-state index >= 15 is 0 Å². The predicted molar refractivity (Wildman–Crippen MR) is 77.3 cm³/mol. The van der Waals surface area contributed by atoms with Gasteiger partial charge in [-0.1, -0.05) is 6.07 Å². The summed E-state index contributed by atoms with van der Waals surface area (Å²) in [6.45, 7) is 0. The largest absolute Gasteiger partial charge is 0.493 e. The van der Waals surface area contributed by atoms with E-state index in [2.05, 4.69) is 9.97 Å². The van der Waals surface area contributed by atoms with Crippen LogP contribution in [0.5, 0.6) is 11.5 Å². The summed E-state index contributed by atoms with van der Waals surface area (Å²) in [5.74, 6) is 0.587. The van der Waals surface area contributed by atoms with Crippen molar-refractivity contribution in [2.24, 2.45) is 5.73 Å². The average Bonchev–Trinajstić information content (AvgIpc) is 2.48. The molecule has 0 unspecified atom stereocenters. The van der Waals surface area contributed by atoms with Crippen molar-refractivity contribution in [3.8, 4) is 11.5 Å². The predicted octanol–water partition coefficient (Wildman–Crippen LogP) is 0.766. The lowest BCUT2D eigenvalue weighted by molar-refractivity contribution is 0.0996. The molecule has 1 amide bonds. The summed E-state index contributed by atoms with van der Waals surface area (Å²) >= 11 is 0. The molecular formula is C14H16N4O3. The number of nitrogens with two attached hydrogens (primary N) is 2. The maximum atomic E-state index is 11.2. The molecular weight excluding hydrogens is 272 g/mol. The summed E-state index contributed by atoms with van der Waals surface area (Å²) in [4.78, 5) is 19.3. The van der Waals surface area contributed by atoms with Gasteiger partial charge in [-0.15, -0.1) is 0 Å². The smallest absolute Gasteiger partial charge is 0.271 e. The topological polar surface area (TPSA) is 113 Å². The maximum absolute atomic E-state index is 11.2. The van der Waals surface area contributed by atoms with Crippen molar-refractivity contribution < 1.29 is 14.3 Å². The average molecular weight is 288 g/mol. The van der Waals surface area contributed by atoms with E-state index in [9.17, 15) is 4.79 Å². The number of nitrogen functional groups attached to an aromatic ring is 1. The first-order valence-corrected chi connectivity index (χ1v) is 6.17. The summed E-state index contributed by atoms with van der Waals surface area (Å²) in [5, 5.41) is 0. The minimum absolute atomic E-state index is 0.0204. The van der Waals surface area contributed by atoms with Gasteiger partial charge in [0.05, 0.1) is 26.1 Å². The molecule has 1 heterocycles. The third-order valence-corrected chi connectivity index (χ3v) is 2.92. The normalized spacial score (nSPS) is 10.2. The second-order valence-corrected chi connectivity index (χ2v) is 4.33. The van der Waals surface area contributed by atoms with Gasteiger partial charge in [-0.2, -0.15) is 0 Å². The van der Waals surface area contributed by atoms with E-state index in [-0.39, 0.29) is 11.5 Å². The van der Waals surface area contributed by atoms with Crippen LogP contribution in [0.2, 0.25) is 0 Å². The molecule has 0 atom stereocenters. The van der Waals surface area contributed by atoms with Gasteiger partial charge in [0.2, 0.25) is 0 Å². The van der Waals surface area contributed by atoms with Crippen LogP contribution in [-0.2, 0) is 6.42 Å². The molecule has 0 aliphatic rings. The summed E-state index contributed by atoms with van der Waals surface area (Å²) in [6, 6.07) is 5.51. The van der Waals surface area contributed by atoms with Crippen LogP contribution in [0.15, 0.2) is 24.4 Å². The molecule has 0 spiro atoms. The van der Waals surface area contributed by atoms with Crippen LogP contribution in [0.25, 0.3) is 0 Å². The van der Waals surface area contributed by atoms with E-state index in [4.69, 9.17) is 20.9 Å². The minimum atomic E-state index is -0.700. The van der Waals surface area contributed by atoms with Gasteiger partial charge in [0.15, 0.2) is 23.0 Å². The Kier molecular flexibility index (Phi) is 4.22. The van der Waals surface area contributed by atoms with Crippen molar-refractivity contribution in [2.45, 2.75) is 6.42 Å². The third-order valence-electron chi connectivity index (χ3n) is 2.92. The zero-order valence-electron chi connectivity index (χ0n) is 11.8. The molecule has 0 saturated carbocycles. The fourth-order valence-corrected chi connectivity index (χ4v) is 1.90. The maximum Gasteiger partial charge on any atom is 0.271 e. The first-order chi connectivity index (χ1) is 10.0. The molecule has 1 aromatic carbocycles. The number of hydrogen-bond acceptors (Lipinski definition) is 6. The van der Waals surface area contributed by atoms with Crippen LogP contribution in [-0.4, -0.2) is 30.1 Å². The Bertz CT molecular complexity index is 673. The number of nitrogens with zero attached hydrogens (tertiary/aromatic N) is 2. The number of carbonyl (C=O) groups excluding carboxylic acids is 1. The van der Waals surface area contributed by atoms with Crippen LogP contribution >= 0.6 is 0 Å². The van der Waals surface area contributed by atoms with Crippen LogP contribution in [0.3, 0.4) is 0 Å². The van der Waals surface area contributed by atoms with E-state index in [0.29, 0.717) is 23.6 Å². The van der Waals surface area contributed by atoms with Gasteiger partial charge in [-0.3, -0.25) is 4.79 Å². The van der Waals surface area contributed by atoms with Gasteiger partial charge in [-0.05, 0) is 17.7 Å². The Morgan fingerprint density at radius 2 is 1.95 bits per heavy atom.